The first kappa shape index (κ1) is 18.6. The molecule has 2 heterocycles. The van der Waals surface area contributed by atoms with Crippen LogP contribution in [0.5, 0.6) is 0 Å². The number of amides is 2. The SMILES string of the molecule is CCNc1ccc(N2CCN(C(=O)CNC(=O)c3ccccc3)CC2)nn1. The van der Waals surface area contributed by atoms with Gasteiger partial charge in [-0.15, -0.1) is 10.2 Å². The van der Waals surface area contributed by atoms with Crippen LogP contribution in [0.3, 0.4) is 0 Å². The fourth-order valence-electron chi connectivity index (χ4n) is 2.91. The molecule has 1 aliphatic rings. The van der Waals surface area contributed by atoms with Gasteiger partial charge in [-0.3, -0.25) is 9.59 Å². The van der Waals surface area contributed by atoms with Gasteiger partial charge in [0.05, 0.1) is 6.54 Å². The predicted molar refractivity (Wildman–Crippen MR) is 104 cm³/mol. The number of nitrogens with one attached hydrogen (secondary N) is 2. The Kier molecular flexibility index (Phi) is 6.19. The van der Waals surface area contributed by atoms with Gasteiger partial charge in [0.15, 0.2) is 5.82 Å². The summed E-state index contributed by atoms with van der Waals surface area (Å²) in [6.07, 6.45) is 0. The van der Waals surface area contributed by atoms with Crippen LogP contribution in [0.25, 0.3) is 0 Å². The van der Waals surface area contributed by atoms with Crippen molar-refractivity contribution in [1.82, 2.24) is 20.4 Å². The maximum absolute atomic E-state index is 12.4. The molecule has 0 atom stereocenters. The number of rotatable bonds is 6. The first-order valence-electron chi connectivity index (χ1n) is 9.11. The number of carbonyl (C=O) groups is 2. The monoisotopic (exact) mass is 368 g/mol. The van der Waals surface area contributed by atoms with Crippen LogP contribution in [0, 0.1) is 0 Å². The van der Waals surface area contributed by atoms with Crippen molar-refractivity contribution >= 4 is 23.5 Å². The molecule has 1 aromatic heterocycles. The predicted octanol–water partition coefficient (Wildman–Crippen LogP) is 0.987. The van der Waals surface area contributed by atoms with Gasteiger partial charge in [0.2, 0.25) is 5.91 Å². The van der Waals surface area contributed by atoms with E-state index in [1.807, 2.05) is 25.1 Å². The molecule has 0 saturated carbocycles. The molecule has 27 heavy (non-hydrogen) atoms. The van der Waals surface area contributed by atoms with Crippen LogP contribution in [0.2, 0.25) is 0 Å². The number of hydrogen-bond donors (Lipinski definition) is 2. The highest BCUT2D eigenvalue weighted by molar-refractivity contribution is 5.96. The van der Waals surface area contributed by atoms with Crippen molar-refractivity contribution in [1.29, 1.82) is 0 Å². The van der Waals surface area contributed by atoms with Crippen molar-refractivity contribution in [2.75, 3.05) is 49.5 Å². The van der Waals surface area contributed by atoms with E-state index in [1.165, 1.54) is 0 Å². The van der Waals surface area contributed by atoms with Crippen molar-refractivity contribution in [3.05, 3.63) is 48.0 Å². The zero-order valence-electron chi connectivity index (χ0n) is 15.4. The van der Waals surface area contributed by atoms with E-state index in [2.05, 4.69) is 25.7 Å². The van der Waals surface area contributed by atoms with E-state index < -0.39 is 0 Å². The molecule has 0 radical (unpaired) electrons. The highest BCUT2D eigenvalue weighted by atomic mass is 16.2. The summed E-state index contributed by atoms with van der Waals surface area (Å²) in [7, 11) is 0. The number of hydrogen-bond acceptors (Lipinski definition) is 6. The number of carbonyl (C=O) groups excluding carboxylic acids is 2. The minimum atomic E-state index is -0.237. The Morgan fingerprint density at radius 3 is 2.37 bits per heavy atom. The average Bonchev–Trinajstić information content (AvgIpc) is 2.73. The van der Waals surface area contributed by atoms with Gasteiger partial charge in [-0.05, 0) is 31.2 Å². The first-order valence-corrected chi connectivity index (χ1v) is 9.11. The van der Waals surface area contributed by atoms with E-state index in [4.69, 9.17) is 0 Å². The molecule has 3 rings (SSSR count). The van der Waals surface area contributed by atoms with Crippen LogP contribution in [-0.2, 0) is 4.79 Å². The van der Waals surface area contributed by atoms with Gasteiger partial charge < -0.3 is 20.4 Å². The van der Waals surface area contributed by atoms with Crippen molar-refractivity contribution in [3.8, 4) is 0 Å². The third kappa shape index (κ3) is 4.93. The van der Waals surface area contributed by atoms with Crippen LogP contribution >= 0.6 is 0 Å². The Labute approximate surface area is 158 Å². The van der Waals surface area contributed by atoms with E-state index in [9.17, 15) is 9.59 Å². The molecule has 8 nitrogen and oxygen atoms in total. The maximum atomic E-state index is 12.4. The molecular weight excluding hydrogens is 344 g/mol. The van der Waals surface area contributed by atoms with E-state index in [1.54, 1.807) is 29.2 Å². The summed E-state index contributed by atoms with van der Waals surface area (Å²) in [6, 6.07) is 12.7. The molecule has 8 heteroatoms. The van der Waals surface area contributed by atoms with E-state index >= 15 is 0 Å². The molecule has 2 amide bonds. The smallest absolute Gasteiger partial charge is 0.251 e. The Morgan fingerprint density at radius 1 is 1.00 bits per heavy atom. The summed E-state index contributed by atoms with van der Waals surface area (Å²) >= 11 is 0. The van der Waals surface area contributed by atoms with Gasteiger partial charge in [-0.25, -0.2) is 0 Å². The van der Waals surface area contributed by atoms with Gasteiger partial charge in [0.25, 0.3) is 5.91 Å². The summed E-state index contributed by atoms with van der Waals surface area (Å²) in [5.74, 6) is 1.25. The zero-order chi connectivity index (χ0) is 19.1. The summed E-state index contributed by atoms with van der Waals surface area (Å²) in [5.41, 5.74) is 0.551. The lowest BCUT2D eigenvalue weighted by Crippen LogP contribution is -2.51. The van der Waals surface area contributed by atoms with Crippen LogP contribution in [0.4, 0.5) is 11.6 Å². The van der Waals surface area contributed by atoms with Crippen LogP contribution < -0.4 is 15.5 Å². The lowest BCUT2D eigenvalue weighted by atomic mass is 10.2. The Bertz CT molecular complexity index is 758. The van der Waals surface area contributed by atoms with E-state index in [0.717, 1.165) is 18.2 Å². The molecule has 1 aliphatic heterocycles. The molecule has 0 aliphatic carbocycles. The lowest BCUT2D eigenvalue weighted by Gasteiger charge is -2.35. The average molecular weight is 368 g/mol. The summed E-state index contributed by atoms with van der Waals surface area (Å²) in [4.78, 5) is 28.3. The second kappa shape index (κ2) is 8.98. The standard InChI is InChI=1S/C19H24N6O2/c1-2-20-16-8-9-17(23-22-16)24-10-12-25(13-11-24)18(26)14-21-19(27)15-6-4-3-5-7-15/h3-9H,2,10-14H2,1H3,(H,20,22)(H,21,27). The topological polar surface area (TPSA) is 90.5 Å². The molecule has 0 bridgehead atoms. The molecule has 0 spiro atoms. The summed E-state index contributed by atoms with van der Waals surface area (Å²) < 4.78 is 0. The van der Waals surface area contributed by atoms with Crippen LogP contribution in [0.15, 0.2) is 42.5 Å². The number of anilines is 2. The van der Waals surface area contributed by atoms with Gasteiger partial charge >= 0.3 is 0 Å². The minimum Gasteiger partial charge on any atom is -0.369 e. The maximum Gasteiger partial charge on any atom is 0.251 e. The molecule has 1 fully saturated rings. The summed E-state index contributed by atoms with van der Waals surface area (Å²) in [5, 5.41) is 14.2. The Balaban J connectivity index is 1.45. The van der Waals surface area contributed by atoms with Gasteiger partial charge in [-0.2, -0.15) is 0 Å². The highest BCUT2D eigenvalue weighted by Crippen LogP contribution is 2.14. The highest BCUT2D eigenvalue weighted by Gasteiger charge is 2.22. The Morgan fingerprint density at radius 2 is 1.74 bits per heavy atom. The molecule has 1 saturated heterocycles. The fourth-order valence-corrected chi connectivity index (χ4v) is 2.91. The second-order valence-corrected chi connectivity index (χ2v) is 6.22. The first-order chi connectivity index (χ1) is 13.2. The third-order valence-corrected chi connectivity index (χ3v) is 4.40. The molecule has 2 N–H and O–H groups in total. The molecule has 0 unspecified atom stereocenters. The molecule has 2 aromatic rings. The fraction of sp³-hybridized carbons (Fsp3) is 0.368. The van der Waals surface area contributed by atoms with Gasteiger partial charge in [0, 0.05) is 38.3 Å². The summed E-state index contributed by atoms with van der Waals surface area (Å²) in [6.45, 7) is 5.38. The normalized spacial score (nSPS) is 14.0. The quantitative estimate of drug-likeness (QED) is 0.790. The Hall–Kier alpha value is -3.16. The number of benzene rings is 1. The van der Waals surface area contributed by atoms with E-state index in [0.29, 0.717) is 31.7 Å². The minimum absolute atomic E-state index is 0.00488. The van der Waals surface area contributed by atoms with Crippen molar-refractivity contribution in [2.45, 2.75) is 6.92 Å². The molecule has 142 valence electrons. The number of piperazine rings is 1. The largest absolute Gasteiger partial charge is 0.369 e. The van der Waals surface area contributed by atoms with Crippen LogP contribution in [-0.4, -0.2) is 66.2 Å². The lowest BCUT2D eigenvalue weighted by molar-refractivity contribution is -0.130. The number of aromatic nitrogens is 2. The van der Waals surface area contributed by atoms with Gasteiger partial charge in [-0.1, -0.05) is 18.2 Å². The van der Waals surface area contributed by atoms with Crippen molar-refractivity contribution in [3.63, 3.8) is 0 Å². The second-order valence-electron chi connectivity index (χ2n) is 6.22. The van der Waals surface area contributed by atoms with Crippen LogP contribution in [0.1, 0.15) is 17.3 Å². The molecular formula is C19H24N6O2. The number of nitrogens with zero attached hydrogens (tertiary/aromatic N) is 4. The zero-order valence-corrected chi connectivity index (χ0v) is 15.4. The third-order valence-electron chi connectivity index (χ3n) is 4.40. The van der Waals surface area contributed by atoms with E-state index in [-0.39, 0.29) is 18.4 Å². The molecule has 1 aromatic carbocycles. The van der Waals surface area contributed by atoms with Crippen molar-refractivity contribution < 1.29 is 9.59 Å². The van der Waals surface area contributed by atoms with Gasteiger partial charge in [0.1, 0.15) is 5.82 Å². The van der Waals surface area contributed by atoms with Crippen molar-refractivity contribution in [2.24, 2.45) is 0 Å².